The first kappa shape index (κ1) is 22.2. The molecule has 3 aromatic rings. The fourth-order valence-electron chi connectivity index (χ4n) is 3.32. The van der Waals surface area contributed by atoms with Crippen molar-refractivity contribution in [1.29, 1.82) is 0 Å². The number of aryl methyl sites for hydroxylation is 3. The number of methoxy groups -OCH3 is 2. The lowest BCUT2D eigenvalue weighted by molar-refractivity contribution is -0.116. The standard InChI is InChI=1S/C24H29N3O4/c1-16-6-8-20(17(2)12-16)31-11-10-23(28)26-24-18(3)14-25-27(24)15-19-7-9-21(29-4)22(13-19)30-5/h6-9,12-14H,10-11,15H2,1-5H3,(H,26,28). The van der Waals surface area contributed by atoms with Crippen molar-refractivity contribution in [2.45, 2.75) is 33.7 Å². The van der Waals surface area contributed by atoms with Crippen LogP contribution in [0.3, 0.4) is 0 Å². The molecule has 7 heteroatoms. The van der Waals surface area contributed by atoms with Gasteiger partial charge in [0.15, 0.2) is 11.5 Å². The number of aromatic nitrogens is 2. The second-order valence-electron chi connectivity index (χ2n) is 7.44. The first-order chi connectivity index (χ1) is 14.9. The quantitative estimate of drug-likeness (QED) is 0.556. The Morgan fingerprint density at radius 1 is 0.968 bits per heavy atom. The summed E-state index contributed by atoms with van der Waals surface area (Å²) in [6, 6.07) is 11.7. The number of anilines is 1. The van der Waals surface area contributed by atoms with Crippen LogP contribution in [0.15, 0.2) is 42.6 Å². The Bertz CT molecular complexity index is 1060. The zero-order valence-electron chi connectivity index (χ0n) is 18.7. The van der Waals surface area contributed by atoms with Gasteiger partial charge in [-0.05, 0) is 50.1 Å². The largest absolute Gasteiger partial charge is 0.493 e. The predicted octanol–water partition coefficient (Wildman–Crippen LogP) is 4.28. The van der Waals surface area contributed by atoms with Crippen LogP contribution in [0.4, 0.5) is 5.82 Å². The van der Waals surface area contributed by atoms with Crippen LogP contribution < -0.4 is 19.5 Å². The second-order valence-corrected chi connectivity index (χ2v) is 7.44. The molecule has 0 atom stereocenters. The molecule has 0 saturated heterocycles. The molecule has 0 bridgehead atoms. The van der Waals surface area contributed by atoms with E-state index in [9.17, 15) is 4.79 Å². The number of hydrogen-bond donors (Lipinski definition) is 1. The fourth-order valence-corrected chi connectivity index (χ4v) is 3.32. The molecule has 0 aliphatic carbocycles. The van der Waals surface area contributed by atoms with Crippen molar-refractivity contribution in [1.82, 2.24) is 9.78 Å². The smallest absolute Gasteiger partial charge is 0.228 e. The van der Waals surface area contributed by atoms with Gasteiger partial charge in [-0.15, -0.1) is 0 Å². The molecule has 0 aliphatic rings. The van der Waals surface area contributed by atoms with Crippen LogP contribution in [0.1, 0.15) is 28.7 Å². The molecular weight excluding hydrogens is 394 g/mol. The van der Waals surface area contributed by atoms with E-state index < -0.39 is 0 Å². The van der Waals surface area contributed by atoms with Gasteiger partial charge in [-0.25, -0.2) is 4.68 Å². The van der Waals surface area contributed by atoms with Gasteiger partial charge in [0.25, 0.3) is 0 Å². The van der Waals surface area contributed by atoms with Crippen molar-refractivity contribution in [3.8, 4) is 17.2 Å². The van der Waals surface area contributed by atoms with Gasteiger partial charge in [-0.1, -0.05) is 23.8 Å². The fraction of sp³-hybridized carbons (Fsp3) is 0.333. The highest BCUT2D eigenvalue weighted by Gasteiger charge is 2.13. The molecule has 0 unspecified atom stereocenters. The molecule has 0 radical (unpaired) electrons. The monoisotopic (exact) mass is 423 g/mol. The number of hydrogen-bond acceptors (Lipinski definition) is 5. The summed E-state index contributed by atoms with van der Waals surface area (Å²) in [7, 11) is 3.21. The highest BCUT2D eigenvalue weighted by Crippen LogP contribution is 2.28. The molecule has 0 saturated carbocycles. The summed E-state index contributed by atoms with van der Waals surface area (Å²) in [5.41, 5.74) is 4.11. The highest BCUT2D eigenvalue weighted by molar-refractivity contribution is 5.90. The van der Waals surface area contributed by atoms with Gasteiger partial charge in [-0.2, -0.15) is 5.10 Å². The SMILES string of the molecule is COc1ccc(Cn2ncc(C)c2NC(=O)CCOc2ccc(C)cc2C)cc1OC. The van der Waals surface area contributed by atoms with E-state index in [1.165, 1.54) is 5.56 Å². The van der Waals surface area contributed by atoms with E-state index in [4.69, 9.17) is 14.2 Å². The Morgan fingerprint density at radius 2 is 1.71 bits per heavy atom. The average Bonchev–Trinajstić information content (AvgIpc) is 3.08. The number of rotatable bonds is 9. The van der Waals surface area contributed by atoms with E-state index in [1.54, 1.807) is 25.1 Å². The molecule has 1 amide bonds. The maximum atomic E-state index is 12.5. The lowest BCUT2D eigenvalue weighted by Gasteiger charge is -2.13. The molecule has 1 N–H and O–H groups in total. The summed E-state index contributed by atoms with van der Waals surface area (Å²) in [5.74, 6) is 2.67. The molecule has 3 rings (SSSR count). The first-order valence-corrected chi connectivity index (χ1v) is 10.1. The van der Waals surface area contributed by atoms with Gasteiger partial charge >= 0.3 is 0 Å². The summed E-state index contributed by atoms with van der Waals surface area (Å²) in [6.07, 6.45) is 1.98. The van der Waals surface area contributed by atoms with Crippen molar-refractivity contribution < 1.29 is 19.0 Å². The van der Waals surface area contributed by atoms with Crippen LogP contribution in [0.5, 0.6) is 17.2 Å². The van der Waals surface area contributed by atoms with Crippen molar-refractivity contribution in [3.05, 3.63) is 64.8 Å². The molecule has 0 aliphatic heterocycles. The van der Waals surface area contributed by atoms with E-state index in [2.05, 4.69) is 16.5 Å². The molecule has 0 fully saturated rings. The Kier molecular flexibility index (Phi) is 7.18. The van der Waals surface area contributed by atoms with E-state index in [0.717, 1.165) is 22.4 Å². The van der Waals surface area contributed by atoms with Crippen LogP contribution in [-0.4, -0.2) is 36.5 Å². The summed E-state index contributed by atoms with van der Waals surface area (Å²) in [4.78, 5) is 12.5. The minimum atomic E-state index is -0.123. The lowest BCUT2D eigenvalue weighted by Crippen LogP contribution is -2.19. The van der Waals surface area contributed by atoms with Gasteiger partial charge in [0.1, 0.15) is 11.6 Å². The first-order valence-electron chi connectivity index (χ1n) is 10.1. The molecule has 0 spiro atoms. The number of carbonyl (C=O) groups excluding carboxylic acids is 1. The molecule has 7 nitrogen and oxygen atoms in total. The lowest BCUT2D eigenvalue weighted by atomic mass is 10.1. The second kappa shape index (κ2) is 10.0. The number of benzene rings is 2. The Labute approximate surface area is 182 Å². The van der Waals surface area contributed by atoms with Gasteiger partial charge in [0.2, 0.25) is 5.91 Å². The topological polar surface area (TPSA) is 74.6 Å². The molecule has 1 aromatic heterocycles. The zero-order valence-corrected chi connectivity index (χ0v) is 18.7. The normalized spacial score (nSPS) is 10.6. The van der Waals surface area contributed by atoms with Gasteiger partial charge in [-0.3, -0.25) is 4.79 Å². The number of nitrogens with one attached hydrogen (secondary N) is 1. The Balaban J connectivity index is 1.62. The number of amides is 1. The molecule has 164 valence electrons. The third-order valence-corrected chi connectivity index (χ3v) is 4.98. The minimum Gasteiger partial charge on any atom is -0.493 e. The van der Waals surface area contributed by atoms with Crippen molar-refractivity contribution in [2.24, 2.45) is 0 Å². The number of carbonyl (C=O) groups is 1. The van der Waals surface area contributed by atoms with E-state index in [0.29, 0.717) is 30.5 Å². The highest BCUT2D eigenvalue weighted by atomic mass is 16.5. The third kappa shape index (κ3) is 5.57. The van der Waals surface area contributed by atoms with Gasteiger partial charge in [0, 0.05) is 5.56 Å². The van der Waals surface area contributed by atoms with Gasteiger partial charge < -0.3 is 19.5 Å². The maximum Gasteiger partial charge on any atom is 0.228 e. The van der Waals surface area contributed by atoms with E-state index in [-0.39, 0.29) is 12.3 Å². The van der Waals surface area contributed by atoms with Crippen molar-refractivity contribution in [3.63, 3.8) is 0 Å². The van der Waals surface area contributed by atoms with Crippen LogP contribution in [0, 0.1) is 20.8 Å². The molecule has 1 heterocycles. The Hall–Kier alpha value is -3.48. The van der Waals surface area contributed by atoms with E-state index in [1.807, 2.05) is 51.1 Å². The summed E-state index contributed by atoms with van der Waals surface area (Å²) < 4.78 is 18.2. The Morgan fingerprint density at radius 3 is 2.42 bits per heavy atom. The van der Waals surface area contributed by atoms with Crippen molar-refractivity contribution >= 4 is 11.7 Å². The molecular formula is C24H29N3O4. The molecule has 31 heavy (non-hydrogen) atoms. The van der Waals surface area contributed by atoms with Crippen LogP contribution >= 0.6 is 0 Å². The van der Waals surface area contributed by atoms with Crippen LogP contribution in [0.25, 0.3) is 0 Å². The number of ether oxygens (including phenoxy) is 3. The molecule has 2 aromatic carbocycles. The maximum absolute atomic E-state index is 12.5. The minimum absolute atomic E-state index is 0.123. The average molecular weight is 424 g/mol. The number of nitrogens with zero attached hydrogens (tertiary/aromatic N) is 2. The summed E-state index contributed by atoms with van der Waals surface area (Å²) in [6.45, 7) is 6.75. The predicted molar refractivity (Wildman–Crippen MR) is 120 cm³/mol. The van der Waals surface area contributed by atoms with Crippen molar-refractivity contribution in [2.75, 3.05) is 26.1 Å². The summed E-state index contributed by atoms with van der Waals surface area (Å²) >= 11 is 0. The van der Waals surface area contributed by atoms with E-state index >= 15 is 0 Å². The van der Waals surface area contributed by atoms with Crippen LogP contribution in [0.2, 0.25) is 0 Å². The summed E-state index contributed by atoms with van der Waals surface area (Å²) in [5, 5.41) is 7.37. The third-order valence-electron chi connectivity index (χ3n) is 4.98. The van der Waals surface area contributed by atoms with Crippen LogP contribution in [-0.2, 0) is 11.3 Å². The zero-order chi connectivity index (χ0) is 22.4. The van der Waals surface area contributed by atoms with Gasteiger partial charge in [0.05, 0.1) is 40.0 Å².